The van der Waals surface area contributed by atoms with Gasteiger partial charge in [-0.2, -0.15) is 5.26 Å². The predicted octanol–water partition coefficient (Wildman–Crippen LogP) is 0.703. The summed E-state index contributed by atoms with van der Waals surface area (Å²) in [5.74, 6) is 0.771. The van der Waals surface area contributed by atoms with Crippen LogP contribution in [-0.2, 0) is 0 Å². The molecule has 0 atom stereocenters. The van der Waals surface area contributed by atoms with Gasteiger partial charge in [0.1, 0.15) is 11.8 Å². The molecule has 76 valence electrons. The average molecular weight is 202 g/mol. The normalized spacial score (nSPS) is 10.1. The van der Waals surface area contributed by atoms with Crippen LogP contribution in [0, 0.1) is 11.3 Å². The minimum Gasteiger partial charge on any atom is -0.357 e. The van der Waals surface area contributed by atoms with Gasteiger partial charge in [0.2, 0.25) is 0 Å². The molecule has 0 aromatic carbocycles. The van der Waals surface area contributed by atoms with Gasteiger partial charge < -0.3 is 9.88 Å². The SMILES string of the molecule is CN(CCC#N)c1ncnc2nc[nH]c12. The van der Waals surface area contributed by atoms with Crippen molar-refractivity contribution in [2.45, 2.75) is 6.42 Å². The van der Waals surface area contributed by atoms with Crippen molar-refractivity contribution in [3.05, 3.63) is 12.7 Å². The number of H-pyrrole nitrogens is 1. The summed E-state index contributed by atoms with van der Waals surface area (Å²) >= 11 is 0. The molecule has 0 bridgehead atoms. The Kier molecular flexibility index (Phi) is 2.46. The van der Waals surface area contributed by atoms with Crippen LogP contribution >= 0.6 is 0 Å². The number of hydrogen-bond donors (Lipinski definition) is 1. The molecule has 0 saturated carbocycles. The largest absolute Gasteiger partial charge is 0.357 e. The van der Waals surface area contributed by atoms with E-state index in [1.54, 1.807) is 6.33 Å². The van der Waals surface area contributed by atoms with E-state index >= 15 is 0 Å². The molecule has 15 heavy (non-hydrogen) atoms. The molecule has 0 spiro atoms. The third-order valence-electron chi connectivity index (χ3n) is 2.12. The fourth-order valence-electron chi connectivity index (χ4n) is 1.37. The highest BCUT2D eigenvalue weighted by molar-refractivity contribution is 5.82. The zero-order chi connectivity index (χ0) is 10.7. The summed E-state index contributed by atoms with van der Waals surface area (Å²) in [6, 6.07) is 2.10. The van der Waals surface area contributed by atoms with Crippen molar-refractivity contribution in [1.29, 1.82) is 5.26 Å². The maximum Gasteiger partial charge on any atom is 0.182 e. The highest BCUT2D eigenvalue weighted by Gasteiger charge is 2.09. The standard InChI is InChI=1S/C9H10N6/c1-15(4-2-3-10)9-7-8(12-5-11-7)13-6-14-9/h5-6H,2,4H2,1H3,(H,11,12,13,14). The van der Waals surface area contributed by atoms with Gasteiger partial charge >= 0.3 is 0 Å². The molecule has 1 N–H and O–H groups in total. The van der Waals surface area contributed by atoms with E-state index < -0.39 is 0 Å². The first kappa shape index (κ1) is 9.40. The van der Waals surface area contributed by atoms with E-state index in [1.807, 2.05) is 11.9 Å². The summed E-state index contributed by atoms with van der Waals surface area (Å²) in [5, 5.41) is 8.51. The first-order valence-electron chi connectivity index (χ1n) is 4.55. The van der Waals surface area contributed by atoms with Crippen LogP contribution in [-0.4, -0.2) is 33.5 Å². The van der Waals surface area contributed by atoms with E-state index in [9.17, 15) is 0 Å². The second kappa shape index (κ2) is 3.92. The summed E-state index contributed by atoms with van der Waals surface area (Å²) in [4.78, 5) is 17.1. The third-order valence-corrected chi connectivity index (χ3v) is 2.12. The van der Waals surface area contributed by atoms with E-state index in [-0.39, 0.29) is 0 Å². The van der Waals surface area contributed by atoms with Crippen LogP contribution < -0.4 is 4.90 Å². The Hall–Kier alpha value is -2.16. The Bertz CT molecular complexity index is 497. The van der Waals surface area contributed by atoms with Crippen molar-refractivity contribution in [3.63, 3.8) is 0 Å². The maximum absolute atomic E-state index is 8.51. The van der Waals surface area contributed by atoms with Crippen molar-refractivity contribution in [2.24, 2.45) is 0 Å². The average Bonchev–Trinajstić information content (AvgIpc) is 2.73. The Morgan fingerprint density at radius 1 is 1.47 bits per heavy atom. The Labute approximate surface area is 86.6 Å². The summed E-state index contributed by atoms with van der Waals surface area (Å²) in [6.07, 6.45) is 3.53. The molecule has 2 aromatic rings. The van der Waals surface area contributed by atoms with Gasteiger partial charge in [-0.3, -0.25) is 0 Å². The Morgan fingerprint density at radius 2 is 2.33 bits per heavy atom. The van der Waals surface area contributed by atoms with Crippen LogP contribution in [0.4, 0.5) is 5.82 Å². The number of imidazole rings is 1. The van der Waals surface area contributed by atoms with Gasteiger partial charge in [-0.1, -0.05) is 0 Å². The van der Waals surface area contributed by atoms with Crippen molar-refractivity contribution >= 4 is 17.0 Å². The van der Waals surface area contributed by atoms with Gasteiger partial charge in [0.25, 0.3) is 0 Å². The monoisotopic (exact) mass is 202 g/mol. The molecule has 6 heteroatoms. The van der Waals surface area contributed by atoms with Crippen LogP contribution in [0.25, 0.3) is 11.2 Å². The van der Waals surface area contributed by atoms with Crippen LogP contribution in [0.1, 0.15) is 6.42 Å². The molecule has 2 heterocycles. The zero-order valence-electron chi connectivity index (χ0n) is 8.30. The maximum atomic E-state index is 8.51. The lowest BCUT2D eigenvalue weighted by Gasteiger charge is -2.16. The molecule has 0 fully saturated rings. The zero-order valence-corrected chi connectivity index (χ0v) is 8.30. The number of aromatic amines is 1. The lowest BCUT2D eigenvalue weighted by atomic mass is 10.4. The molecular weight excluding hydrogens is 192 g/mol. The number of aromatic nitrogens is 4. The van der Waals surface area contributed by atoms with E-state index in [4.69, 9.17) is 5.26 Å². The molecule has 0 saturated heterocycles. The summed E-state index contributed by atoms with van der Waals surface area (Å²) in [5.41, 5.74) is 1.45. The first-order valence-corrected chi connectivity index (χ1v) is 4.55. The number of anilines is 1. The minimum absolute atomic E-state index is 0.468. The lowest BCUT2D eigenvalue weighted by molar-refractivity contribution is 0.885. The van der Waals surface area contributed by atoms with E-state index in [0.29, 0.717) is 18.6 Å². The number of nitrogens with one attached hydrogen (secondary N) is 1. The molecule has 0 aliphatic carbocycles. The molecule has 2 aromatic heterocycles. The van der Waals surface area contributed by atoms with Crippen LogP contribution in [0.2, 0.25) is 0 Å². The van der Waals surface area contributed by atoms with Crippen LogP contribution in [0.3, 0.4) is 0 Å². The number of nitriles is 1. The molecule has 0 aliphatic rings. The second-order valence-electron chi connectivity index (χ2n) is 3.13. The van der Waals surface area contributed by atoms with E-state index in [1.165, 1.54) is 6.33 Å². The van der Waals surface area contributed by atoms with Gasteiger partial charge in [-0.15, -0.1) is 0 Å². The van der Waals surface area contributed by atoms with Crippen molar-refractivity contribution in [1.82, 2.24) is 19.9 Å². The smallest absolute Gasteiger partial charge is 0.182 e. The molecular formula is C9H10N6. The van der Waals surface area contributed by atoms with Crippen LogP contribution in [0.15, 0.2) is 12.7 Å². The van der Waals surface area contributed by atoms with E-state index in [2.05, 4.69) is 26.0 Å². The van der Waals surface area contributed by atoms with Gasteiger partial charge in [0.05, 0.1) is 18.8 Å². The number of hydrogen-bond acceptors (Lipinski definition) is 5. The molecule has 0 radical (unpaired) electrons. The van der Waals surface area contributed by atoms with Crippen molar-refractivity contribution < 1.29 is 0 Å². The Balaban J connectivity index is 2.34. The fraction of sp³-hybridized carbons (Fsp3) is 0.333. The molecule has 2 rings (SSSR count). The molecule has 0 aliphatic heterocycles. The van der Waals surface area contributed by atoms with Crippen molar-refractivity contribution in [3.8, 4) is 6.07 Å². The highest BCUT2D eigenvalue weighted by Crippen LogP contribution is 2.17. The lowest BCUT2D eigenvalue weighted by Crippen LogP contribution is -2.19. The summed E-state index contributed by atoms with van der Waals surface area (Å²) in [6.45, 7) is 0.641. The topological polar surface area (TPSA) is 81.5 Å². The van der Waals surface area contributed by atoms with E-state index in [0.717, 1.165) is 11.3 Å². The van der Waals surface area contributed by atoms with Gasteiger partial charge in [-0.05, 0) is 0 Å². The quantitative estimate of drug-likeness (QED) is 0.792. The molecule has 6 nitrogen and oxygen atoms in total. The summed E-state index contributed by atoms with van der Waals surface area (Å²) in [7, 11) is 1.89. The van der Waals surface area contributed by atoms with Crippen molar-refractivity contribution in [2.75, 3.05) is 18.5 Å². The van der Waals surface area contributed by atoms with Gasteiger partial charge in [0.15, 0.2) is 11.5 Å². The summed E-state index contributed by atoms with van der Waals surface area (Å²) < 4.78 is 0. The molecule has 0 unspecified atom stereocenters. The van der Waals surface area contributed by atoms with Gasteiger partial charge in [-0.25, -0.2) is 15.0 Å². The van der Waals surface area contributed by atoms with Gasteiger partial charge in [0, 0.05) is 13.6 Å². The van der Waals surface area contributed by atoms with Crippen LogP contribution in [0.5, 0.6) is 0 Å². The molecule has 0 amide bonds. The third kappa shape index (κ3) is 1.72. The first-order chi connectivity index (χ1) is 7.33. The number of nitrogens with zero attached hydrogens (tertiary/aromatic N) is 5. The highest BCUT2D eigenvalue weighted by atomic mass is 15.2. The fourth-order valence-corrected chi connectivity index (χ4v) is 1.37. The predicted molar refractivity (Wildman–Crippen MR) is 55.2 cm³/mol. The minimum atomic E-state index is 0.468. The number of fused-ring (bicyclic) bond motifs is 1. The number of rotatable bonds is 3. The second-order valence-corrected chi connectivity index (χ2v) is 3.13. The Morgan fingerprint density at radius 3 is 3.13 bits per heavy atom.